The number of aromatic nitrogens is 3. The van der Waals surface area contributed by atoms with Gasteiger partial charge in [-0.2, -0.15) is 0 Å². The van der Waals surface area contributed by atoms with E-state index in [9.17, 15) is 4.79 Å². The topological polar surface area (TPSA) is 59.8 Å². The number of nitrogens with one attached hydrogen (secondary N) is 1. The van der Waals surface area contributed by atoms with Gasteiger partial charge >= 0.3 is 0 Å². The van der Waals surface area contributed by atoms with E-state index in [1.54, 1.807) is 13.1 Å². The fourth-order valence-electron chi connectivity index (χ4n) is 0.910. The Labute approximate surface area is 82.5 Å². The van der Waals surface area contributed by atoms with Gasteiger partial charge in [-0.25, -0.2) is 4.68 Å². The van der Waals surface area contributed by atoms with E-state index < -0.39 is 0 Å². The Kier molecular flexibility index (Phi) is 4.21. The van der Waals surface area contributed by atoms with Crippen LogP contribution in [0.15, 0.2) is 12.4 Å². The summed E-state index contributed by atoms with van der Waals surface area (Å²) in [4.78, 5) is 11.2. The largest absolute Gasteiger partial charge is 0.354 e. The molecule has 1 N–H and O–H groups in total. The maximum Gasteiger partial charge on any atom is 0.241 e. The molecule has 14 heavy (non-hydrogen) atoms. The van der Waals surface area contributed by atoms with Crippen molar-refractivity contribution in [1.29, 1.82) is 0 Å². The van der Waals surface area contributed by atoms with E-state index in [1.165, 1.54) is 10.9 Å². The van der Waals surface area contributed by atoms with Crippen LogP contribution in [0.2, 0.25) is 0 Å². The first kappa shape index (κ1) is 10.3. The van der Waals surface area contributed by atoms with Gasteiger partial charge in [-0.15, -0.1) is 16.9 Å². The van der Waals surface area contributed by atoms with Crippen molar-refractivity contribution in [3.8, 4) is 11.8 Å². The second kappa shape index (κ2) is 5.75. The molecule has 1 rings (SSSR count). The lowest BCUT2D eigenvalue weighted by Crippen LogP contribution is -2.28. The van der Waals surface area contributed by atoms with Gasteiger partial charge in [0.1, 0.15) is 6.54 Å². The number of carbonyl (C=O) groups is 1. The van der Waals surface area contributed by atoms with E-state index >= 15 is 0 Å². The van der Waals surface area contributed by atoms with Crippen molar-refractivity contribution in [2.24, 2.45) is 0 Å². The molecule has 1 aromatic heterocycles. The average molecular weight is 192 g/mol. The number of nitrogens with zero attached hydrogens (tertiary/aromatic N) is 3. The molecule has 0 aliphatic rings. The van der Waals surface area contributed by atoms with Crippen molar-refractivity contribution >= 4 is 5.91 Å². The fraction of sp³-hybridized carbons (Fsp3) is 0.444. The van der Waals surface area contributed by atoms with E-state index in [2.05, 4.69) is 27.5 Å². The van der Waals surface area contributed by atoms with Gasteiger partial charge in [0, 0.05) is 19.2 Å². The third-order valence-corrected chi connectivity index (χ3v) is 1.53. The van der Waals surface area contributed by atoms with Gasteiger partial charge in [0.15, 0.2) is 0 Å². The van der Waals surface area contributed by atoms with Crippen LogP contribution in [0.1, 0.15) is 13.3 Å². The van der Waals surface area contributed by atoms with Gasteiger partial charge in [-0.1, -0.05) is 5.21 Å². The third kappa shape index (κ3) is 3.72. The zero-order valence-corrected chi connectivity index (χ0v) is 8.03. The van der Waals surface area contributed by atoms with Crippen LogP contribution in [0.3, 0.4) is 0 Å². The maximum atomic E-state index is 11.2. The first-order valence-electron chi connectivity index (χ1n) is 4.33. The van der Waals surface area contributed by atoms with Gasteiger partial charge in [-0.05, 0) is 6.92 Å². The van der Waals surface area contributed by atoms with Crippen LogP contribution in [-0.4, -0.2) is 27.4 Å². The summed E-state index contributed by atoms with van der Waals surface area (Å²) in [5.74, 6) is 5.55. The zero-order valence-electron chi connectivity index (χ0n) is 8.03. The molecule has 0 atom stereocenters. The Morgan fingerprint density at radius 3 is 3.14 bits per heavy atom. The monoisotopic (exact) mass is 192 g/mol. The number of hydrogen-bond acceptors (Lipinski definition) is 3. The lowest BCUT2D eigenvalue weighted by molar-refractivity contribution is -0.121. The highest BCUT2D eigenvalue weighted by molar-refractivity contribution is 5.75. The van der Waals surface area contributed by atoms with Crippen molar-refractivity contribution in [2.45, 2.75) is 19.9 Å². The van der Waals surface area contributed by atoms with Crippen LogP contribution in [0.4, 0.5) is 0 Å². The summed E-state index contributed by atoms with van der Waals surface area (Å²) in [6, 6.07) is 0. The highest BCUT2D eigenvalue weighted by Gasteiger charge is 2.00. The quantitative estimate of drug-likeness (QED) is 0.531. The number of amides is 1. The van der Waals surface area contributed by atoms with Crippen LogP contribution < -0.4 is 5.32 Å². The molecule has 74 valence electrons. The van der Waals surface area contributed by atoms with Crippen LogP contribution >= 0.6 is 0 Å². The summed E-state index contributed by atoms with van der Waals surface area (Å²) in [5.41, 5.74) is 0. The lowest BCUT2D eigenvalue weighted by atomic mass is 10.4. The summed E-state index contributed by atoms with van der Waals surface area (Å²) >= 11 is 0. The minimum Gasteiger partial charge on any atom is -0.354 e. The third-order valence-electron chi connectivity index (χ3n) is 1.53. The molecule has 1 heterocycles. The Balaban J connectivity index is 2.19. The summed E-state index contributed by atoms with van der Waals surface area (Å²) in [7, 11) is 0. The maximum absolute atomic E-state index is 11.2. The van der Waals surface area contributed by atoms with Crippen molar-refractivity contribution in [2.75, 3.05) is 6.54 Å². The summed E-state index contributed by atoms with van der Waals surface area (Å²) in [5, 5.41) is 10.00. The van der Waals surface area contributed by atoms with Crippen molar-refractivity contribution in [1.82, 2.24) is 20.3 Å². The molecule has 0 radical (unpaired) electrons. The first-order chi connectivity index (χ1) is 6.83. The minimum absolute atomic E-state index is 0.0756. The smallest absolute Gasteiger partial charge is 0.241 e. The van der Waals surface area contributed by atoms with E-state index in [4.69, 9.17) is 0 Å². The van der Waals surface area contributed by atoms with Crippen LogP contribution in [0.25, 0.3) is 0 Å². The Morgan fingerprint density at radius 2 is 2.50 bits per heavy atom. The van der Waals surface area contributed by atoms with Gasteiger partial charge in [0.05, 0.1) is 6.20 Å². The number of carbonyl (C=O) groups excluding carboxylic acids is 1. The second-order valence-corrected chi connectivity index (χ2v) is 2.63. The Bertz CT molecular complexity index is 333. The summed E-state index contributed by atoms with van der Waals surface area (Å²) in [6.07, 6.45) is 3.86. The van der Waals surface area contributed by atoms with Gasteiger partial charge in [-0.3, -0.25) is 4.79 Å². The summed E-state index contributed by atoms with van der Waals surface area (Å²) in [6.45, 7) is 2.56. The number of hydrogen-bond donors (Lipinski definition) is 1. The van der Waals surface area contributed by atoms with Crippen LogP contribution in [-0.2, 0) is 11.3 Å². The minimum atomic E-state index is -0.0756. The predicted octanol–water partition coefficient (Wildman–Crippen LogP) is -0.192. The molecule has 0 aliphatic carbocycles. The van der Waals surface area contributed by atoms with E-state index in [0.29, 0.717) is 13.0 Å². The zero-order chi connectivity index (χ0) is 10.2. The van der Waals surface area contributed by atoms with Gasteiger partial charge < -0.3 is 5.32 Å². The van der Waals surface area contributed by atoms with E-state index in [0.717, 1.165) is 0 Å². The average Bonchev–Trinajstić information content (AvgIpc) is 2.65. The molecule has 1 amide bonds. The molecule has 0 saturated carbocycles. The molecular weight excluding hydrogens is 180 g/mol. The second-order valence-electron chi connectivity index (χ2n) is 2.63. The molecular formula is C9H12N4O. The van der Waals surface area contributed by atoms with Crippen LogP contribution in [0.5, 0.6) is 0 Å². The standard InChI is InChI=1S/C9H12N4O/c1-2-3-4-5-10-9(14)8-13-7-6-11-12-13/h6-7H,4-5,8H2,1H3,(H,10,14). The first-order valence-corrected chi connectivity index (χ1v) is 4.33. The fourth-order valence-corrected chi connectivity index (χ4v) is 0.910. The lowest BCUT2D eigenvalue weighted by Gasteiger charge is -2.01. The Hall–Kier alpha value is -1.83. The molecule has 0 spiro atoms. The van der Waals surface area contributed by atoms with Gasteiger partial charge in [0.25, 0.3) is 0 Å². The van der Waals surface area contributed by atoms with Crippen molar-refractivity contribution < 1.29 is 4.79 Å². The number of rotatable bonds is 4. The molecule has 0 aliphatic heterocycles. The highest BCUT2D eigenvalue weighted by Crippen LogP contribution is 1.81. The Morgan fingerprint density at radius 1 is 1.64 bits per heavy atom. The van der Waals surface area contributed by atoms with Gasteiger partial charge in [0.2, 0.25) is 5.91 Å². The summed E-state index contributed by atoms with van der Waals surface area (Å²) < 4.78 is 1.47. The SMILES string of the molecule is CC#CCCNC(=O)Cn1ccnn1. The van der Waals surface area contributed by atoms with Crippen molar-refractivity contribution in [3.63, 3.8) is 0 Å². The predicted molar refractivity (Wildman–Crippen MR) is 51.1 cm³/mol. The highest BCUT2D eigenvalue weighted by atomic mass is 16.2. The van der Waals surface area contributed by atoms with E-state index in [-0.39, 0.29) is 12.5 Å². The molecule has 0 unspecified atom stereocenters. The molecule has 0 saturated heterocycles. The van der Waals surface area contributed by atoms with Crippen molar-refractivity contribution in [3.05, 3.63) is 12.4 Å². The molecule has 1 aromatic rings. The molecule has 0 aromatic carbocycles. The van der Waals surface area contributed by atoms with Crippen LogP contribution in [0, 0.1) is 11.8 Å². The molecule has 5 heteroatoms. The normalized spacial score (nSPS) is 8.93. The molecule has 0 fully saturated rings. The van der Waals surface area contributed by atoms with E-state index in [1.807, 2.05) is 0 Å². The molecule has 5 nitrogen and oxygen atoms in total. The molecule has 0 bridgehead atoms.